The number of methoxy groups -OCH3 is 1. The van der Waals surface area contributed by atoms with Crippen LogP contribution in [-0.4, -0.2) is 18.6 Å². The van der Waals surface area contributed by atoms with Crippen molar-refractivity contribution in [1.82, 2.24) is 4.98 Å². The topological polar surface area (TPSA) is 60.2 Å². The molecule has 0 aliphatic heterocycles. The van der Waals surface area contributed by atoms with Crippen LogP contribution in [0.3, 0.4) is 0 Å². The maximum absolute atomic E-state index is 5.69. The van der Waals surface area contributed by atoms with Crippen molar-refractivity contribution >= 4 is 22.8 Å². The second-order valence-electron chi connectivity index (χ2n) is 3.55. The first kappa shape index (κ1) is 11.7. The predicted molar refractivity (Wildman–Crippen MR) is 71.7 cm³/mol. The molecule has 0 saturated heterocycles. The molecule has 0 unspecified atom stereocenters. The van der Waals surface area contributed by atoms with Gasteiger partial charge >= 0.3 is 0 Å². The number of aromatic nitrogens is 1. The van der Waals surface area contributed by atoms with Gasteiger partial charge in [-0.15, -0.1) is 11.3 Å². The summed E-state index contributed by atoms with van der Waals surface area (Å²) < 4.78 is 5.06. The van der Waals surface area contributed by atoms with Crippen molar-refractivity contribution in [2.75, 3.05) is 24.7 Å². The van der Waals surface area contributed by atoms with Crippen LogP contribution in [0.25, 0.3) is 0 Å². The quantitative estimate of drug-likeness (QED) is 0.854. The number of hydrogen-bond donors (Lipinski definition) is 2. The van der Waals surface area contributed by atoms with E-state index in [1.165, 1.54) is 4.88 Å². The van der Waals surface area contributed by atoms with Crippen LogP contribution >= 0.6 is 11.3 Å². The SMILES string of the molecule is COc1nc(NCCc2cccs2)ccc1N. The molecule has 5 heteroatoms. The van der Waals surface area contributed by atoms with Crippen LogP contribution in [0.1, 0.15) is 4.88 Å². The zero-order valence-electron chi connectivity index (χ0n) is 9.64. The maximum Gasteiger partial charge on any atom is 0.238 e. The molecule has 2 rings (SSSR count). The largest absolute Gasteiger partial charge is 0.479 e. The molecule has 2 aromatic rings. The highest BCUT2D eigenvalue weighted by atomic mass is 32.1. The van der Waals surface area contributed by atoms with Crippen molar-refractivity contribution < 1.29 is 4.74 Å². The number of pyridine rings is 1. The van der Waals surface area contributed by atoms with Gasteiger partial charge in [0.2, 0.25) is 5.88 Å². The third-order valence-corrected chi connectivity index (χ3v) is 3.28. The van der Waals surface area contributed by atoms with Gasteiger partial charge in [0.05, 0.1) is 12.8 Å². The van der Waals surface area contributed by atoms with Crippen LogP contribution in [0.2, 0.25) is 0 Å². The van der Waals surface area contributed by atoms with Crippen LogP contribution in [0.4, 0.5) is 11.5 Å². The summed E-state index contributed by atoms with van der Waals surface area (Å²) in [5.74, 6) is 1.25. The second kappa shape index (κ2) is 5.54. The maximum atomic E-state index is 5.69. The fourth-order valence-corrected chi connectivity index (χ4v) is 2.19. The monoisotopic (exact) mass is 249 g/mol. The van der Waals surface area contributed by atoms with E-state index in [0.717, 1.165) is 18.8 Å². The Balaban J connectivity index is 1.90. The van der Waals surface area contributed by atoms with Crippen molar-refractivity contribution in [3.8, 4) is 5.88 Å². The Kier molecular flexibility index (Phi) is 3.82. The Labute approximate surface area is 104 Å². The average molecular weight is 249 g/mol. The standard InChI is InChI=1S/C12H15N3OS/c1-16-12-10(13)4-5-11(15-12)14-7-6-9-3-2-8-17-9/h2-5,8H,6-7,13H2,1H3,(H,14,15). The van der Waals surface area contributed by atoms with Gasteiger partial charge < -0.3 is 15.8 Å². The van der Waals surface area contributed by atoms with E-state index in [4.69, 9.17) is 10.5 Å². The van der Waals surface area contributed by atoms with E-state index in [2.05, 4.69) is 27.8 Å². The average Bonchev–Trinajstić information content (AvgIpc) is 2.84. The summed E-state index contributed by atoms with van der Waals surface area (Å²) >= 11 is 1.76. The molecule has 0 amide bonds. The number of hydrogen-bond acceptors (Lipinski definition) is 5. The minimum absolute atomic E-state index is 0.464. The molecule has 3 N–H and O–H groups in total. The molecule has 0 aliphatic carbocycles. The first-order valence-electron chi connectivity index (χ1n) is 5.36. The number of rotatable bonds is 5. The molecular formula is C12H15N3OS. The molecule has 17 heavy (non-hydrogen) atoms. The lowest BCUT2D eigenvalue weighted by atomic mass is 10.3. The van der Waals surface area contributed by atoms with E-state index in [1.54, 1.807) is 24.5 Å². The molecule has 0 saturated carbocycles. The molecule has 0 aliphatic rings. The van der Waals surface area contributed by atoms with E-state index in [-0.39, 0.29) is 0 Å². The number of thiophene rings is 1. The normalized spacial score (nSPS) is 10.2. The molecule has 4 nitrogen and oxygen atoms in total. The second-order valence-corrected chi connectivity index (χ2v) is 4.58. The van der Waals surface area contributed by atoms with Gasteiger partial charge in [-0.2, -0.15) is 4.98 Å². The molecule has 0 spiro atoms. The summed E-state index contributed by atoms with van der Waals surface area (Å²) in [5.41, 5.74) is 6.24. The smallest absolute Gasteiger partial charge is 0.238 e. The molecule has 0 bridgehead atoms. The van der Waals surface area contributed by atoms with Crippen molar-refractivity contribution in [1.29, 1.82) is 0 Å². The van der Waals surface area contributed by atoms with E-state index < -0.39 is 0 Å². The van der Waals surface area contributed by atoms with E-state index in [0.29, 0.717) is 11.6 Å². The number of nitrogens with one attached hydrogen (secondary N) is 1. The van der Waals surface area contributed by atoms with Crippen molar-refractivity contribution in [2.45, 2.75) is 6.42 Å². The fraction of sp³-hybridized carbons (Fsp3) is 0.250. The van der Waals surface area contributed by atoms with E-state index >= 15 is 0 Å². The summed E-state index contributed by atoms with van der Waals surface area (Å²) in [7, 11) is 1.56. The lowest BCUT2D eigenvalue weighted by Crippen LogP contribution is -2.06. The summed E-state index contributed by atoms with van der Waals surface area (Å²) in [6.45, 7) is 0.848. The Morgan fingerprint density at radius 3 is 3.00 bits per heavy atom. The summed E-state index contributed by atoms with van der Waals surface area (Å²) in [4.78, 5) is 5.62. The molecule has 2 aromatic heterocycles. The van der Waals surface area contributed by atoms with Crippen LogP contribution in [0, 0.1) is 0 Å². The highest BCUT2D eigenvalue weighted by Gasteiger charge is 2.02. The van der Waals surface area contributed by atoms with Crippen molar-refractivity contribution in [2.24, 2.45) is 0 Å². The zero-order valence-corrected chi connectivity index (χ0v) is 10.5. The predicted octanol–water partition coefficient (Wildman–Crippen LogP) is 2.39. The number of anilines is 2. The van der Waals surface area contributed by atoms with Gasteiger partial charge in [0.15, 0.2) is 0 Å². The highest BCUT2D eigenvalue weighted by molar-refractivity contribution is 7.09. The third-order valence-electron chi connectivity index (χ3n) is 2.34. The summed E-state index contributed by atoms with van der Waals surface area (Å²) in [5, 5.41) is 5.33. The van der Waals surface area contributed by atoms with Crippen LogP contribution in [-0.2, 0) is 6.42 Å². The minimum Gasteiger partial charge on any atom is -0.479 e. The molecular weight excluding hydrogens is 234 g/mol. The Bertz CT molecular complexity index is 471. The molecule has 0 atom stereocenters. The van der Waals surface area contributed by atoms with Gasteiger partial charge in [-0.05, 0) is 30.0 Å². The Morgan fingerprint density at radius 1 is 1.41 bits per heavy atom. The number of ether oxygens (including phenoxy) is 1. The van der Waals surface area contributed by atoms with Gasteiger partial charge in [0, 0.05) is 11.4 Å². The third kappa shape index (κ3) is 3.10. The van der Waals surface area contributed by atoms with Gasteiger partial charge in [-0.1, -0.05) is 6.07 Å². The Hall–Kier alpha value is -1.75. The highest BCUT2D eigenvalue weighted by Crippen LogP contribution is 2.20. The molecule has 90 valence electrons. The molecule has 0 fully saturated rings. The Morgan fingerprint density at radius 2 is 2.29 bits per heavy atom. The van der Waals surface area contributed by atoms with Gasteiger partial charge in [-0.25, -0.2) is 0 Å². The van der Waals surface area contributed by atoms with Crippen molar-refractivity contribution in [3.63, 3.8) is 0 Å². The summed E-state index contributed by atoms with van der Waals surface area (Å²) in [6, 6.07) is 7.83. The number of nitrogens with two attached hydrogens (primary N) is 1. The first-order chi connectivity index (χ1) is 8.29. The van der Waals surface area contributed by atoms with E-state index in [9.17, 15) is 0 Å². The van der Waals surface area contributed by atoms with Crippen LogP contribution in [0.5, 0.6) is 5.88 Å². The van der Waals surface area contributed by atoms with Gasteiger partial charge in [0.25, 0.3) is 0 Å². The minimum atomic E-state index is 0.464. The van der Waals surface area contributed by atoms with Gasteiger partial charge in [0.1, 0.15) is 5.82 Å². The zero-order chi connectivity index (χ0) is 12.1. The molecule has 0 radical (unpaired) electrons. The lowest BCUT2D eigenvalue weighted by molar-refractivity contribution is 0.401. The number of nitrogen functional groups attached to an aromatic ring is 1. The summed E-state index contributed by atoms with van der Waals surface area (Å²) in [6.07, 6.45) is 0.992. The fourth-order valence-electron chi connectivity index (χ4n) is 1.48. The van der Waals surface area contributed by atoms with Crippen LogP contribution in [0.15, 0.2) is 29.6 Å². The number of nitrogens with zero attached hydrogens (tertiary/aromatic N) is 1. The first-order valence-corrected chi connectivity index (χ1v) is 6.24. The van der Waals surface area contributed by atoms with Crippen LogP contribution < -0.4 is 15.8 Å². The molecule has 2 heterocycles. The molecule has 0 aromatic carbocycles. The van der Waals surface area contributed by atoms with Crippen molar-refractivity contribution in [3.05, 3.63) is 34.5 Å². The van der Waals surface area contributed by atoms with E-state index in [1.807, 2.05) is 6.07 Å². The van der Waals surface area contributed by atoms with Gasteiger partial charge in [-0.3, -0.25) is 0 Å². The lowest BCUT2D eigenvalue weighted by Gasteiger charge is -2.08.